The highest BCUT2D eigenvalue weighted by Crippen LogP contribution is 2.27. The van der Waals surface area contributed by atoms with E-state index in [0.29, 0.717) is 36.1 Å². The van der Waals surface area contributed by atoms with E-state index in [2.05, 4.69) is 21.3 Å². The highest BCUT2D eigenvalue weighted by molar-refractivity contribution is 7.08. The van der Waals surface area contributed by atoms with Crippen molar-refractivity contribution in [1.82, 2.24) is 18.9 Å². The topological polar surface area (TPSA) is 118 Å². The molecule has 0 atom stereocenters. The van der Waals surface area contributed by atoms with Crippen molar-refractivity contribution >= 4 is 40.1 Å². The number of hydrogen-bond donors (Lipinski definition) is 1. The SMILES string of the molecule is CCCCCC(=O)C1CN(c2ccc3c(=O)c(C(=O)O)cn(-c4ncns4)c3n2)C1. The van der Waals surface area contributed by atoms with Crippen molar-refractivity contribution < 1.29 is 14.7 Å². The number of unbranched alkanes of at least 4 members (excludes halogenated alkanes) is 2. The fourth-order valence-electron chi connectivity index (χ4n) is 3.56. The third-order valence-corrected chi connectivity index (χ3v) is 5.97. The molecule has 156 valence electrons. The van der Waals surface area contributed by atoms with Gasteiger partial charge in [-0.25, -0.2) is 14.8 Å². The van der Waals surface area contributed by atoms with Crippen LogP contribution < -0.4 is 10.3 Å². The lowest BCUT2D eigenvalue weighted by atomic mass is 9.92. The van der Waals surface area contributed by atoms with Gasteiger partial charge in [0.25, 0.3) is 0 Å². The highest BCUT2D eigenvalue weighted by Gasteiger charge is 2.33. The quantitative estimate of drug-likeness (QED) is 0.545. The maximum atomic E-state index is 12.6. The van der Waals surface area contributed by atoms with E-state index in [1.165, 1.54) is 17.1 Å². The fraction of sp³-hybridized carbons (Fsp3) is 0.400. The van der Waals surface area contributed by atoms with E-state index >= 15 is 0 Å². The number of ketones is 1. The minimum Gasteiger partial charge on any atom is -0.477 e. The third kappa shape index (κ3) is 3.70. The normalized spacial score (nSPS) is 14.1. The summed E-state index contributed by atoms with van der Waals surface area (Å²) in [6, 6.07) is 3.28. The van der Waals surface area contributed by atoms with Gasteiger partial charge in [0.1, 0.15) is 23.5 Å². The van der Waals surface area contributed by atoms with Gasteiger partial charge in [0.2, 0.25) is 10.6 Å². The molecule has 0 bridgehead atoms. The molecule has 4 rings (SSSR count). The zero-order chi connectivity index (χ0) is 21.3. The van der Waals surface area contributed by atoms with Crippen LogP contribution in [-0.4, -0.2) is 48.9 Å². The summed E-state index contributed by atoms with van der Waals surface area (Å²) in [6.07, 6.45) is 6.30. The summed E-state index contributed by atoms with van der Waals surface area (Å²) in [4.78, 5) is 47.1. The Labute approximate surface area is 176 Å². The number of fused-ring (bicyclic) bond motifs is 1. The number of carboxylic acid groups (broad SMARTS) is 1. The second-order valence-corrected chi connectivity index (χ2v) is 8.10. The molecule has 3 aromatic rings. The Morgan fingerprint density at radius 2 is 2.07 bits per heavy atom. The number of rotatable bonds is 8. The van der Waals surface area contributed by atoms with Crippen LogP contribution in [0.3, 0.4) is 0 Å². The maximum Gasteiger partial charge on any atom is 0.341 e. The third-order valence-electron chi connectivity index (χ3n) is 5.31. The number of carbonyl (C=O) groups is 2. The van der Waals surface area contributed by atoms with E-state index in [1.54, 1.807) is 12.1 Å². The van der Waals surface area contributed by atoms with E-state index in [9.17, 15) is 19.5 Å². The molecule has 30 heavy (non-hydrogen) atoms. The van der Waals surface area contributed by atoms with Crippen LogP contribution in [-0.2, 0) is 4.79 Å². The number of aromatic carboxylic acids is 1. The number of nitrogens with zero attached hydrogens (tertiary/aromatic N) is 5. The first kappa shape index (κ1) is 20.1. The fourth-order valence-corrected chi connectivity index (χ4v) is 4.07. The van der Waals surface area contributed by atoms with Crippen molar-refractivity contribution in [3.05, 3.63) is 40.4 Å². The van der Waals surface area contributed by atoms with Gasteiger partial charge in [0.05, 0.1) is 11.3 Å². The lowest BCUT2D eigenvalue weighted by Crippen LogP contribution is -2.50. The summed E-state index contributed by atoms with van der Waals surface area (Å²) in [5.74, 6) is -0.367. The maximum absolute atomic E-state index is 12.6. The van der Waals surface area contributed by atoms with Crippen LogP contribution in [0, 0.1) is 5.92 Å². The predicted octanol–water partition coefficient (Wildman–Crippen LogP) is 2.52. The van der Waals surface area contributed by atoms with Gasteiger partial charge in [0, 0.05) is 37.2 Å². The molecule has 1 saturated heterocycles. The Hall–Kier alpha value is -3.14. The van der Waals surface area contributed by atoms with Crippen molar-refractivity contribution in [3.8, 4) is 5.13 Å². The Morgan fingerprint density at radius 1 is 1.27 bits per heavy atom. The van der Waals surface area contributed by atoms with Crippen molar-refractivity contribution in [3.63, 3.8) is 0 Å². The zero-order valence-electron chi connectivity index (χ0n) is 16.4. The standard InChI is InChI=1S/C20H21N5O4S/c1-2-3-4-5-15(26)12-8-24(9-12)16-7-6-13-17(27)14(19(28)29)10-25(18(13)23-16)20-21-11-22-30-20/h6-7,10-12H,2-5,8-9H2,1H3,(H,28,29). The van der Waals surface area contributed by atoms with Crippen molar-refractivity contribution in [1.29, 1.82) is 0 Å². The van der Waals surface area contributed by atoms with Crippen LogP contribution >= 0.6 is 11.5 Å². The van der Waals surface area contributed by atoms with Crippen LogP contribution in [0.25, 0.3) is 16.2 Å². The van der Waals surface area contributed by atoms with E-state index in [0.717, 1.165) is 30.8 Å². The number of pyridine rings is 2. The monoisotopic (exact) mass is 427 g/mol. The van der Waals surface area contributed by atoms with Gasteiger partial charge >= 0.3 is 5.97 Å². The second-order valence-electron chi connectivity index (χ2n) is 7.34. The summed E-state index contributed by atoms with van der Waals surface area (Å²) in [6.45, 7) is 3.31. The molecular formula is C20H21N5O4S. The molecule has 3 aromatic heterocycles. The van der Waals surface area contributed by atoms with Gasteiger partial charge in [-0.05, 0) is 18.6 Å². The van der Waals surface area contributed by atoms with Crippen LogP contribution in [0.5, 0.6) is 0 Å². The molecule has 10 heteroatoms. The van der Waals surface area contributed by atoms with Gasteiger partial charge < -0.3 is 10.0 Å². The number of Topliss-reactive ketones (excluding diaryl/α,β-unsaturated/α-hetero) is 1. The minimum absolute atomic E-state index is 0.0131. The average Bonchev–Trinajstić information content (AvgIpc) is 3.21. The lowest BCUT2D eigenvalue weighted by molar-refractivity contribution is -0.123. The number of hydrogen-bond acceptors (Lipinski definition) is 8. The highest BCUT2D eigenvalue weighted by atomic mass is 32.1. The summed E-state index contributed by atoms with van der Waals surface area (Å²) >= 11 is 1.07. The van der Waals surface area contributed by atoms with Gasteiger partial charge in [-0.3, -0.25) is 14.2 Å². The molecule has 1 aliphatic heterocycles. The lowest BCUT2D eigenvalue weighted by Gasteiger charge is -2.39. The van der Waals surface area contributed by atoms with Gasteiger partial charge in [-0.2, -0.15) is 4.37 Å². The Balaban J connectivity index is 1.64. The molecule has 1 aliphatic rings. The van der Waals surface area contributed by atoms with Crippen molar-refractivity contribution in [2.45, 2.75) is 32.6 Å². The smallest absolute Gasteiger partial charge is 0.341 e. The summed E-state index contributed by atoms with van der Waals surface area (Å²) < 4.78 is 5.44. The van der Waals surface area contributed by atoms with E-state index in [1.807, 2.05) is 4.90 Å². The van der Waals surface area contributed by atoms with Gasteiger partial charge in [0.15, 0.2) is 5.65 Å². The molecule has 4 heterocycles. The molecule has 0 aliphatic carbocycles. The molecule has 0 aromatic carbocycles. The second kappa shape index (κ2) is 8.31. The number of aromatic nitrogens is 4. The Kier molecular flexibility index (Phi) is 5.58. The number of carboxylic acids is 1. The molecule has 1 fully saturated rings. The zero-order valence-corrected chi connectivity index (χ0v) is 17.3. The number of carbonyl (C=O) groups excluding carboxylic acids is 1. The Morgan fingerprint density at radius 3 is 2.73 bits per heavy atom. The summed E-state index contributed by atoms with van der Waals surface area (Å²) in [5, 5.41) is 10.0. The molecule has 9 nitrogen and oxygen atoms in total. The summed E-state index contributed by atoms with van der Waals surface area (Å²) in [5.41, 5.74) is -0.629. The van der Waals surface area contributed by atoms with Crippen LogP contribution in [0.1, 0.15) is 43.0 Å². The first-order valence-electron chi connectivity index (χ1n) is 9.84. The van der Waals surface area contributed by atoms with E-state index in [4.69, 9.17) is 0 Å². The largest absolute Gasteiger partial charge is 0.477 e. The summed E-state index contributed by atoms with van der Waals surface area (Å²) in [7, 11) is 0. The van der Waals surface area contributed by atoms with Crippen molar-refractivity contribution in [2.24, 2.45) is 5.92 Å². The number of anilines is 1. The molecule has 0 unspecified atom stereocenters. The minimum atomic E-state index is -1.31. The molecular weight excluding hydrogens is 406 g/mol. The van der Waals surface area contributed by atoms with Gasteiger partial charge in [-0.1, -0.05) is 19.8 Å². The first-order valence-corrected chi connectivity index (χ1v) is 10.6. The van der Waals surface area contributed by atoms with Crippen LogP contribution in [0.4, 0.5) is 5.82 Å². The van der Waals surface area contributed by atoms with Crippen LogP contribution in [0.2, 0.25) is 0 Å². The molecule has 1 N–H and O–H groups in total. The molecule has 0 spiro atoms. The van der Waals surface area contributed by atoms with Gasteiger partial charge in [-0.15, -0.1) is 0 Å². The molecule has 0 saturated carbocycles. The first-order chi connectivity index (χ1) is 14.5. The molecule has 0 radical (unpaired) electrons. The van der Waals surface area contributed by atoms with Crippen molar-refractivity contribution in [2.75, 3.05) is 18.0 Å². The average molecular weight is 427 g/mol. The molecule has 0 amide bonds. The Bertz CT molecular complexity index is 1150. The van der Waals surface area contributed by atoms with E-state index < -0.39 is 11.4 Å². The van der Waals surface area contributed by atoms with E-state index in [-0.39, 0.29) is 22.7 Å². The predicted molar refractivity (Wildman–Crippen MR) is 113 cm³/mol. The van der Waals surface area contributed by atoms with Crippen LogP contribution in [0.15, 0.2) is 29.5 Å².